The lowest BCUT2D eigenvalue weighted by Gasteiger charge is -2.28. The highest BCUT2D eigenvalue weighted by Crippen LogP contribution is 2.49. The number of carbonyl (C=O) groups is 1. The molecule has 1 saturated carbocycles. The predicted molar refractivity (Wildman–Crippen MR) is 121 cm³/mol. The molecule has 1 aliphatic carbocycles. The van der Waals surface area contributed by atoms with E-state index in [1.807, 2.05) is 45.0 Å². The number of hydrogen-bond donors (Lipinski definition) is 1. The van der Waals surface area contributed by atoms with E-state index in [-0.39, 0.29) is 5.41 Å². The number of benzene rings is 1. The number of halogens is 1. The fraction of sp³-hybridized carbons (Fsp3) is 0.391. The summed E-state index contributed by atoms with van der Waals surface area (Å²) in [6.07, 6.45) is 5.65. The first kappa shape index (κ1) is 20.9. The molecule has 2 heterocycles. The summed E-state index contributed by atoms with van der Waals surface area (Å²) < 4.78 is 7.18. The van der Waals surface area contributed by atoms with Crippen molar-refractivity contribution in [3.8, 4) is 10.6 Å². The first-order valence-corrected chi connectivity index (χ1v) is 11.4. The molecule has 4 rings (SSSR count). The molecule has 0 saturated heterocycles. The molecule has 1 aromatic carbocycles. The first-order valence-electron chi connectivity index (χ1n) is 10.2. The van der Waals surface area contributed by atoms with Gasteiger partial charge in [-0.05, 0) is 74.8 Å². The Morgan fingerprint density at radius 1 is 1.20 bits per heavy atom. The van der Waals surface area contributed by atoms with Crippen LogP contribution < -0.4 is 10.7 Å². The van der Waals surface area contributed by atoms with Crippen LogP contribution >= 0.6 is 22.9 Å². The van der Waals surface area contributed by atoms with Crippen molar-refractivity contribution < 1.29 is 14.5 Å². The molecule has 0 bridgehead atoms. The number of hydrogen-bond acceptors (Lipinski definition) is 4. The van der Waals surface area contributed by atoms with Crippen molar-refractivity contribution in [2.45, 2.75) is 57.5 Å². The molecule has 5 nitrogen and oxygen atoms in total. The molecule has 0 atom stereocenters. The molecule has 0 unspecified atom stereocenters. The van der Waals surface area contributed by atoms with Crippen LogP contribution in [0.2, 0.25) is 5.02 Å². The Kier molecular flexibility index (Phi) is 5.41. The Bertz CT molecular complexity index is 1060. The maximum absolute atomic E-state index is 12.8. The Morgan fingerprint density at radius 2 is 1.87 bits per heavy atom. The summed E-state index contributed by atoms with van der Waals surface area (Å²) in [5.41, 5.74) is 8.57. The van der Waals surface area contributed by atoms with Gasteiger partial charge in [0, 0.05) is 11.2 Å². The van der Waals surface area contributed by atoms with E-state index in [1.54, 1.807) is 10.8 Å². The van der Waals surface area contributed by atoms with E-state index in [9.17, 15) is 4.79 Å². The van der Waals surface area contributed by atoms with Crippen molar-refractivity contribution in [2.75, 3.05) is 5.73 Å². The second kappa shape index (κ2) is 7.75. The van der Waals surface area contributed by atoms with Crippen molar-refractivity contribution in [1.29, 1.82) is 0 Å². The molecule has 2 aromatic heterocycles. The number of carbonyl (C=O) groups excluding carboxylic acids is 1. The van der Waals surface area contributed by atoms with Crippen LogP contribution in [0.15, 0.2) is 42.6 Å². The van der Waals surface area contributed by atoms with Crippen molar-refractivity contribution in [3.63, 3.8) is 0 Å². The van der Waals surface area contributed by atoms with Crippen LogP contribution in [-0.4, -0.2) is 16.3 Å². The monoisotopic (exact) mass is 444 g/mol. The molecule has 3 aromatic rings. The molecule has 0 radical (unpaired) electrons. The Hall–Kier alpha value is -2.31. The summed E-state index contributed by atoms with van der Waals surface area (Å²) in [6, 6.07) is 11.9. The van der Waals surface area contributed by atoms with Crippen LogP contribution in [0.4, 0.5) is 9.93 Å². The summed E-state index contributed by atoms with van der Waals surface area (Å²) in [6.45, 7) is 5.60. The molecule has 1 fully saturated rings. The van der Waals surface area contributed by atoms with E-state index in [1.165, 1.54) is 16.9 Å². The maximum Gasteiger partial charge on any atom is 0.419 e. The zero-order chi connectivity index (χ0) is 21.5. The van der Waals surface area contributed by atoms with Crippen LogP contribution in [-0.2, 0) is 10.2 Å². The topological polar surface area (TPSA) is 71.4 Å². The number of nitrogens with one attached hydrogen (secondary N) is 1. The molecular formula is C23H27ClN3O2S+. The normalized spacial score (nSPS) is 16.0. The van der Waals surface area contributed by atoms with E-state index in [0.717, 1.165) is 47.0 Å². The SMILES string of the molecule is CC(C)(C)OC(=O)n1cccc1-c1sc(N)[nH+]c1C1(c2ccc(Cl)cc2)CCCC1. The Morgan fingerprint density at radius 3 is 2.50 bits per heavy atom. The van der Waals surface area contributed by atoms with Crippen molar-refractivity contribution in [1.82, 2.24) is 4.57 Å². The van der Waals surface area contributed by atoms with Gasteiger partial charge < -0.3 is 4.74 Å². The fourth-order valence-electron chi connectivity index (χ4n) is 4.35. The molecule has 0 amide bonds. The van der Waals surface area contributed by atoms with E-state index in [0.29, 0.717) is 5.13 Å². The smallest absolute Gasteiger partial charge is 0.419 e. The van der Waals surface area contributed by atoms with Gasteiger partial charge in [-0.15, -0.1) is 0 Å². The van der Waals surface area contributed by atoms with Gasteiger partial charge in [0.15, 0.2) is 0 Å². The molecule has 0 spiro atoms. The minimum Gasteiger partial charge on any atom is -0.443 e. The molecule has 30 heavy (non-hydrogen) atoms. The third-order valence-electron chi connectivity index (χ3n) is 5.59. The van der Waals surface area contributed by atoms with Gasteiger partial charge in [0.1, 0.15) is 16.2 Å². The first-order chi connectivity index (χ1) is 14.2. The molecular weight excluding hydrogens is 418 g/mol. The number of H-pyrrole nitrogens is 1. The standard InChI is InChI=1S/C23H26ClN3O2S/c1-22(2,3)29-21(28)27-14-6-7-17(27)18-19(26-20(25)30-18)23(12-4-5-13-23)15-8-10-16(24)11-9-15/h6-11,14H,4-5,12-13H2,1-3H3,(H2,25,26)/p+1. The molecule has 3 N–H and O–H groups in total. The summed E-state index contributed by atoms with van der Waals surface area (Å²) in [4.78, 5) is 17.2. The summed E-state index contributed by atoms with van der Waals surface area (Å²) in [5.74, 6) is 0. The third-order valence-corrected chi connectivity index (χ3v) is 6.78. The van der Waals surface area contributed by atoms with Crippen molar-refractivity contribution >= 4 is 34.2 Å². The van der Waals surface area contributed by atoms with Gasteiger partial charge >= 0.3 is 11.2 Å². The number of aromatic nitrogens is 2. The third kappa shape index (κ3) is 3.86. The van der Waals surface area contributed by atoms with Gasteiger partial charge in [-0.1, -0.05) is 36.6 Å². The lowest BCUT2D eigenvalue weighted by atomic mass is 9.75. The highest BCUT2D eigenvalue weighted by molar-refractivity contribution is 7.18. The van der Waals surface area contributed by atoms with Crippen LogP contribution in [0.3, 0.4) is 0 Å². The van der Waals surface area contributed by atoms with Gasteiger partial charge in [-0.3, -0.25) is 10.3 Å². The van der Waals surface area contributed by atoms with Crippen LogP contribution in [0.5, 0.6) is 0 Å². The van der Waals surface area contributed by atoms with Crippen molar-refractivity contribution in [2.24, 2.45) is 0 Å². The zero-order valence-electron chi connectivity index (χ0n) is 17.5. The fourth-order valence-corrected chi connectivity index (χ4v) is 5.47. The zero-order valence-corrected chi connectivity index (χ0v) is 19.1. The lowest BCUT2D eigenvalue weighted by Crippen LogP contribution is -2.32. The van der Waals surface area contributed by atoms with E-state index in [4.69, 9.17) is 22.1 Å². The number of ether oxygens (including phenoxy) is 1. The minimum absolute atomic E-state index is 0.183. The maximum atomic E-state index is 12.8. The van der Waals surface area contributed by atoms with Crippen LogP contribution in [0.25, 0.3) is 10.6 Å². The summed E-state index contributed by atoms with van der Waals surface area (Å²) in [7, 11) is 0. The number of nitrogens with two attached hydrogens (primary N) is 1. The van der Waals surface area contributed by atoms with E-state index in [2.05, 4.69) is 17.1 Å². The highest BCUT2D eigenvalue weighted by atomic mass is 35.5. The lowest BCUT2D eigenvalue weighted by molar-refractivity contribution is -0.372. The number of anilines is 1. The largest absolute Gasteiger partial charge is 0.443 e. The Balaban J connectivity index is 1.84. The van der Waals surface area contributed by atoms with Gasteiger partial charge in [0.25, 0.3) is 0 Å². The molecule has 0 aliphatic heterocycles. The average Bonchev–Trinajstić information content (AvgIpc) is 3.40. The van der Waals surface area contributed by atoms with Crippen molar-refractivity contribution in [3.05, 3.63) is 58.9 Å². The second-order valence-corrected chi connectivity index (χ2v) is 10.3. The summed E-state index contributed by atoms with van der Waals surface area (Å²) in [5, 5.41) is 1.34. The average molecular weight is 445 g/mol. The predicted octanol–water partition coefficient (Wildman–Crippen LogP) is 5.91. The quantitative estimate of drug-likeness (QED) is 0.545. The number of aromatic amines is 1. The second-order valence-electron chi connectivity index (χ2n) is 8.84. The van der Waals surface area contributed by atoms with E-state index < -0.39 is 11.7 Å². The number of thiazole rings is 1. The van der Waals surface area contributed by atoms with Gasteiger partial charge in [-0.25, -0.2) is 9.78 Å². The van der Waals surface area contributed by atoms with Crippen LogP contribution in [0, 0.1) is 0 Å². The minimum atomic E-state index is -0.571. The number of nitrogens with zero attached hydrogens (tertiary/aromatic N) is 1. The van der Waals surface area contributed by atoms with E-state index >= 15 is 0 Å². The van der Waals surface area contributed by atoms with Gasteiger partial charge in [-0.2, -0.15) is 0 Å². The molecule has 7 heteroatoms. The Labute approximate surface area is 185 Å². The molecule has 158 valence electrons. The van der Waals surface area contributed by atoms with Gasteiger partial charge in [0.2, 0.25) is 0 Å². The van der Waals surface area contributed by atoms with Crippen LogP contribution in [0.1, 0.15) is 57.7 Å². The highest BCUT2D eigenvalue weighted by Gasteiger charge is 2.44. The van der Waals surface area contributed by atoms with Gasteiger partial charge in [0.05, 0.1) is 11.1 Å². The number of rotatable bonds is 3. The molecule has 1 aliphatic rings. The summed E-state index contributed by atoms with van der Waals surface area (Å²) >= 11 is 7.63. The number of nitrogen functional groups attached to an aromatic ring is 1.